The first-order valence-corrected chi connectivity index (χ1v) is 6.97. The van der Waals surface area contributed by atoms with Gasteiger partial charge in [0, 0.05) is 12.6 Å². The lowest BCUT2D eigenvalue weighted by molar-refractivity contribution is 0.0770. The molecule has 0 saturated heterocycles. The van der Waals surface area contributed by atoms with Gasteiger partial charge in [-0.3, -0.25) is 0 Å². The summed E-state index contributed by atoms with van der Waals surface area (Å²) in [5.41, 5.74) is 2.03. The van der Waals surface area contributed by atoms with Crippen LogP contribution in [0.2, 0.25) is 0 Å². The quantitative estimate of drug-likeness (QED) is 0.775. The van der Waals surface area contributed by atoms with Crippen molar-refractivity contribution in [3.63, 3.8) is 0 Å². The van der Waals surface area contributed by atoms with E-state index in [0.29, 0.717) is 6.54 Å². The fourth-order valence-electron chi connectivity index (χ4n) is 1.87. The van der Waals surface area contributed by atoms with Crippen LogP contribution in [0.5, 0.6) is 0 Å². The molecule has 2 N–H and O–H groups in total. The highest BCUT2D eigenvalue weighted by Gasteiger charge is 2.14. The molecule has 0 bridgehead atoms. The van der Waals surface area contributed by atoms with Gasteiger partial charge in [0.2, 0.25) is 0 Å². The molecule has 0 spiro atoms. The van der Waals surface area contributed by atoms with Gasteiger partial charge in [-0.1, -0.05) is 37.6 Å². The minimum Gasteiger partial charge on any atom is -0.389 e. The minimum absolute atomic E-state index is 0.275. The summed E-state index contributed by atoms with van der Waals surface area (Å²) in [6, 6.07) is 9.08. The first-order chi connectivity index (χ1) is 8.42. The van der Waals surface area contributed by atoms with Crippen molar-refractivity contribution < 1.29 is 5.11 Å². The molecule has 0 heterocycles. The van der Waals surface area contributed by atoms with Crippen LogP contribution in [0.3, 0.4) is 0 Å². The highest BCUT2D eigenvalue weighted by molar-refractivity contribution is 5.24. The monoisotopic (exact) mass is 249 g/mol. The van der Waals surface area contributed by atoms with Crippen molar-refractivity contribution >= 4 is 0 Å². The van der Waals surface area contributed by atoms with Gasteiger partial charge < -0.3 is 10.4 Å². The Labute approximate surface area is 111 Å². The molecule has 2 heteroatoms. The van der Waals surface area contributed by atoms with Crippen LogP contribution in [0.15, 0.2) is 24.3 Å². The molecule has 1 atom stereocenters. The zero-order chi connectivity index (χ0) is 13.6. The van der Waals surface area contributed by atoms with E-state index in [-0.39, 0.29) is 6.04 Å². The van der Waals surface area contributed by atoms with E-state index in [1.807, 2.05) is 13.8 Å². The van der Waals surface area contributed by atoms with Gasteiger partial charge in [0.05, 0.1) is 5.60 Å². The normalized spacial score (nSPS) is 13.6. The maximum atomic E-state index is 9.69. The third-order valence-electron chi connectivity index (χ3n) is 3.14. The highest BCUT2D eigenvalue weighted by Crippen LogP contribution is 2.15. The van der Waals surface area contributed by atoms with Gasteiger partial charge in [-0.05, 0) is 44.7 Å². The summed E-state index contributed by atoms with van der Waals surface area (Å²) in [7, 11) is 0. The second kappa shape index (κ2) is 6.91. The Hall–Kier alpha value is -0.860. The van der Waals surface area contributed by atoms with Gasteiger partial charge in [0.25, 0.3) is 0 Å². The zero-order valence-corrected chi connectivity index (χ0v) is 12.2. The number of nitrogens with one attached hydrogen (secondary N) is 1. The molecular formula is C16H27NO. The first kappa shape index (κ1) is 15.2. The zero-order valence-electron chi connectivity index (χ0n) is 12.2. The van der Waals surface area contributed by atoms with Crippen LogP contribution >= 0.6 is 0 Å². The maximum absolute atomic E-state index is 9.69. The van der Waals surface area contributed by atoms with Crippen molar-refractivity contribution in [1.82, 2.24) is 5.32 Å². The largest absolute Gasteiger partial charge is 0.389 e. The molecule has 0 radical (unpaired) electrons. The second-order valence-corrected chi connectivity index (χ2v) is 5.76. The van der Waals surface area contributed by atoms with Gasteiger partial charge in [-0.15, -0.1) is 0 Å². The molecule has 1 unspecified atom stereocenters. The predicted octanol–water partition coefficient (Wildman–Crippen LogP) is 3.45. The van der Waals surface area contributed by atoms with E-state index < -0.39 is 5.60 Å². The Bertz CT molecular complexity index is 337. The lowest BCUT2D eigenvalue weighted by Gasteiger charge is -2.22. The summed E-state index contributed by atoms with van der Waals surface area (Å²) in [5, 5.41) is 13.0. The van der Waals surface area contributed by atoms with Crippen molar-refractivity contribution in [1.29, 1.82) is 0 Å². The van der Waals surface area contributed by atoms with E-state index in [1.165, 1.54) is 30.4 Å². The summed E-state index contributed by atoms with van der Waals surface area (Å²) in [4.78, 5) is 0. The van der Waals surface area contributed by atoms with E-state index in [4.69, 9.17) is 0 Å². The SMILES string of the molecule is CCCCc1ccc(C(C)NCC(C)(C)O)cc1. The molecule has 0 saturated carbocycles. The Morgan fingerprint density at radius 1 is 1.22 bits per heavy atom. The van der Waals surface area contributed by atoms with Crippen molar-refractivity contribution in [2.45, 2.75) is 58.6 Å². The molecular weight excluding hydrogens is 222 g/mol. The lowest BCUT2D eigenvalue weighted by atomic mass is 10.0. The fourth-order valence-corrected chi connectivity index (χ4v) is 1.87. The number of hydrogen-bond acceptors (Lipinski definition) is 2. The third-order valence-corrected chi connectivity index (χ3v) is 3.14. The lowest BCUT2D eigenvalue weighted by Crippen LogP contribution is -2.36. The van der Waals surface area contributed by atoms with E-state index in [9.17, 15) is 5.11 Å². The van der Waals surface area contributed by atoms with Crippen LogP contribution in [0.25, 0.3) is 0 Å². The van der Waals surface area contributed by atoms with Gasteiger partial charge >= 0.3 is 0 Å². The molecule has 1 aromatic rings. The van der Waals surface area contributed by atoms with E-state index in [0.717, 1.165) is 0 Å². The van der Waals surface area contributed by atoms with Gasteiger partial charge in [0.15, 0.2) is 0 Å². The molecule has 18 heavy (non-hydrogen) atoms. The molecule has 2 nitrogen and oxygen atoms in total. The molecule has 1 rings (SSSR count). The topological polar surface area (TPSA) is 32.3 Å². The molecule has 0 fully saturated rings. The van der Waals surface area contributed by atoms with Crippen molar-refractivity contribution in [2.75, 3.05) is 6.54 Å². The number of benzene rings is 1. The van der Waals surface area contributed by atoms with Gasteiger partial charge in [-0.2, -0.15) is 0 Å². The van der Waals surface area contributed by atoms with E-state index in [2.05, 4.69) is 43.4 Å². The average Bonchev–Trinajstić information content (AvgIpc) is 2.33. The van der Waals surface area contributed by atoms with Crippen molar-refractivity contribution in [2.24, 2.45) is 0 Å². The van der Waals surface area contributed by atoms with Crippen LogP contribution in [0.4, 0.5) is 0 Å². The van der Waals surface area contributed by atoms with E-state index >= 15 is 0 Å². The average molecular weight is 249 g/mol. The number of aryl methyl sites for hydroxylation is 1. The molecule has 1 aromatic carbocycles. The number of unbranched alkanes of at least 4 members (excludes halogenated alkanes) is 1. The molecule has 0 amide bonds. The molecule has 0 aliphatic rings. The van der Waals surface area contributed by atoms with Crippen LogP contribution in [0.1, 0.15) is 57.7 Å². The smallest absolute Gasteiger partial charge is 0.0715 e. The van der Waals surface area contributed by atoms with Crippen molar-refractivity contribution in [3.8, 4) is 0 Å². The summed E-state index contributed by atoms with van der Waals surface area (Å²) in [5.74, 6) is 0. The minimum atomic E-state index is -0.657. The van der Waals surface area contributed by atoms with Crippen LogP contribution in [-0.4, -0.2) is 17.3 Å². The molecule has 0 aliphatic carbocycles. The second-order valence-electron chi connectivity index (χ2n) is 5.76. The Morgan fingerprint density at radius 2 is 1.83 bits per heavy atom. The molecule has 0 aliphatic heterocycles. The Kier molecular flexibility index (Phi) is 5.83. The number of hydrogen-bond donors (Lipinski definition) is 2. The summed E-state index contributed by atoms with van der Waals surface area (Å²) in [6.45, 7) is 8.59. The maximum Gasteiger partial charge on any atom is 0.0715 e. The molecule has 0 aromatic heterocycles. The number of rotatable bonds is 7. The summed E-state index contributed by atoms with van der Waals surface area (Å²) < 4.78 is 0. The summed E-state index contributed by atoms with van der Waals surface area (Å²) >= 11 is 0. The first-order valence-electron chi connectivity index (χ1n) is 6.97. The molecule has 102 valence electrons. The van der Waals surface area contributed by atoms with Gasteiger partial charge in [0.1, 0.15) is 0 Å². The number of aliphatic hydroxyl groups is 1. The summed E-state index contributed by atoms with van der Waals surface area (Å²) in [6.07, 6.45) is 3.67. The predicted molar refractivity (Wildman–Crippen MR) is 77.8 cm³/mol. The fraction of sp³-hybridized carbons (Fsp3) is 0.625. The van der Waals surface area contributed by atoms with Crippen molar-refractivity contribution in [3.05, 3.63) is 35.4 Å². The van der Waals surface area contributed by atoms with Gasteiger partial charge in [-0.25, -0.2) is 0 Å². The van der Waals surface area contributed by atoms with Crippen LogP contribution in [0, 0.1) is 0 Å². The Morgan fingerprint density at radius 3 is 2.33 bits per heavy atom. The van der Waals surface area contributed by atoms with Crippen LogP contribution < -0.4 is 5.32 Å². The third kappa shape index (κ3) is 5.65. The highest BCUT2D eigenvalue weighted by atomic mass is 16.3. The Balaban J connectivity index is 2.51. The van der Waals surface area contributed by atoms with E-state index in [1.54, 1.807) is 0 Å². The standard InChI is InChI=1S/C16H27NO/c1-5-6-7-14-8-10-15(11-9-14)13(2)17-12-16(3,4)18/h8-11,13,17-18H,5-7,12H2,1-4H3. The van der Waals surface area contributed by atoms with Crippen LogP contribution in [-0.2, 0) is 6.42 Å².